The van der Waals surface area contributed by atoms with Gasteiger partial charge in [0.15, 0.2) is 5.82 Å². The number of anilines is 1. The zero-order valence-electron chi connectivity index (χ0n) is 10.6. The van der Waals surface area contributed by atoms with Crippen LogP contribution in [0.2, 0.25) is 0 Å². The number of carbonyl (C=O) groups is 1. The lowest BCUT2D eigenvalue weighted by atomic mass is 10.1. The first kappa shape index (κ1) is 14.6. The van der Waals surface area contributed by atoms with Crippen molar-refractivity contribution in [1.82, 2.24) is 0 Å². The summed E-state index contributed by atoms with van der Waals surface area (Å²) in [5, 5.41) is 2.24. The molecular formula is C13H18F2N2O. The first-order chi connectivity index (χ1) is 8.45. The summed E-state index contributed by atoms with van der Waals surface area (Å²) in [4.78, 5) is 11.6. The lowest BCUT2D eigenvalue weighted by Crippen LogP contribution is -2.27. The van der Waals surface area contributed by atoms with Crippen molar-refractivity contribution in [2.75, 3.05) is 5.32 Å². The molecule has 0 aliphatic carbocycles. The predicted molar refractivity (Wildman–Crippen MR) is 67.2 cm³/mol. The number of amides is 1. The van der Waals surface area contributed by atoms with E-state index in [4.69, 9.17) is 5.73 Å². The standard InChI is InChI=1S/C13H18F2N2O/c1-3-4-9(16)7-11(18)17-13-10(14)6-5-8(2)12(13)15/h5-6,9H,3-4,7,16H2,1-2H3,(H,17,18). The Morgan fingerprint density at radius 2 is 2.11 bits per heavy atom. The van der Waals surface area contributed by atoms with Gasteiger partial charge in [-0.1, -0.05) is 19.4 Å². The highest BCUT2D eigenvalue weighted by Crippen LogP contribution is 2.21. The molecule has 1 amide bonds. The quantitative estimate of drug-likeness (QED) is 0.851. The number of carbonyl (C=O) groups excluding carboxylic acids is 1. The topological polar surface area (TPSA) is 55.1 Å². The van der Waals surface area contributed by atoms with E-state index in [1.54, 1.807) is 0 Å². The van der Waals surface area contributed by atoms with Crippen molar-refractivity contribution in [3.63, 3.8) is 0 Å². The van der Waals surface area contributed by atoms with Gasteiger partial charge in [0, 0.05) is 12.5 Å². The lowest BCUT2D eigenvalue weighted by Gasteiger charge is -2.12. The van der Waals surface area contributed by atoms with Crippen molar-refractivity contribution in [2.24, 2.45) is 5.73 Å². The van der Waals surface area contributed by atoms with Gasteiger partial charge in [0.25, 0.3) is 0 Å². The van der Waals surface area contributed by atoms with Crippen LogP contribution in [-0.4, -0.2) is 11.9 Å². The maximum absolute atomic E-state index is 13.6. The fourth-order valence-electron chi connectivity index (χ4n) is 1.67. The van der Waals surface area contributed by atoms with E-state index in [2.05, 4.69) is 5.32 Å². The van der Waals surface area contributed by atoms with E-state index < -0.39 is 23.2 Å². The zero-order chi connectivity index (χ0) is 13.7. The first-order valence-corrected chi connectivity index (χ1v) is 5.95. The minimum Gasteiger partial charge on any atom is -0.327 e. The smallest absolute Gasteiger partial charge is 0.226 e. The average Bonchev–Trinajstić information content (AvgIpc) is 2.30. The highest BCUT2D eigenvalue weighted by Gasteiger charge is 2.15. The van der Waals surface area contributed by atoms with Gasteiger partial charge >= 0.3 is 0 Å². The number of rotatable bonds is 5. The molecule has 0 aliphatic heterocycles. The molecule has 1 atom stereocenters. The van der Waals surface area contributed by atoms with E-state index in [-0.39, 0.29) is 18.0 Å². The summed E-state index contributed by atoms with van der Waals surface area (Å²) in [6.45, 7) is 3.46. The van der Waals surface area contributed by atoms with Gasteiger partial charge in [0.1, 0.15) is 11.5 Å². The number of hydrogen-bond acceptors (Lipinski definition) is 2. The van der Waals surface area contributed by atoms with E-state index in [9.17, 15) is 13.6 Å². The van der Waals surface area contributed by atoms with Gasteiger partial charge in [-0.25, -0.2) is 8.78 Å². The minimum absolute atomic E-state index is 0.0562. The Bertz CT molecular complexity index is 435. The molecule has 1 aromatic rings. The number of halogens is 2. The van der Waals surface area contributed by atoms with E-state index in [0.29, 0.717) is 6.42 Å². The molecule has 3 nitrogen and oxygen atoms in total. The molecule has 1 rings (SSSR count). The molecule has 3 N–H and O–H groups in total. The average molecular weight is 256 g/mol. The second kappa shape index (κ2) is 6.44. The van der Waals surface area contributed by atoms with Crippen LogP contribution in [0, 0.1) is 18.6 Å². The van der Waals surface area contributed by atoms with Gasteiger partial charge in [0.05, 0.1) is 0 Å². The molecule has 0 spiro atoms. The number of hydrogen-bond donors (Lipinski definition) is 2. The van der Waals surface area contributed by atoms with E-state index in [1.807, 2.05) is 6.92 Å². The summed E-state index contributed by atoms with van der Waals surface area (Å²) < 4.78 is 27.0. The Kier molecular flexibility index (Phi) is 5.22. The van der Waals surface area contributed by atoms with Crippen LogP contribution in [0.15, 0.2) is 12.1 Å². The summed E-state index contributed by atoms with van der Waals surface area (Å²) in [6.07, 6.45) is 1.62. The number of benzene rings is 1. The molecule has 0 fully saturated rings. The molecule has 0 saturated carbocycles. The Balaban J connectivity index is 2.73. The molecule has 100 valence electrons. The molecule has 0 heterocycles. The Hall–Kier alpha value is -1.49. The normalized spacial score (nSPS) is 12.3. The van der Waals surface area contributed by atoms with Crippen molar-refractivity contribution in [3.05, 3.63) is 29.3 Å². The van der Waals surface area contributed by atoms with Gasteiger partial charge in [-0.15, -0.1) is 0 Å². The number of aryl methyl sites for hydroxylation is 1. The molecule has 0 aromatic heterocycles. The summed E-state index contributed by atoms with van der Waals surface area (Å²) in [5.41, 5.74) is 5.58. The Morgan fingerprint density at radius 1 is 1.44 bits per heavy atom. The van der Waals surface area contributed by atoms with Crippen molar-refractivity contribution >= 4 is 11.6 Å². The maximum atomic E-state index is 13.6. The van der Waals surface area contributed by atoms with Gasteiger partial charge in [-0.05, 0) is 25.0 Å². The van der Waals surface area contributed by atoms with Gasteiger partial charge in [-0.2, -0.15) is 0 Å². The van der Waals surface area contributed by atoms with Crippen LogP contribution in [-0.2, 0) is 4.79 Å². The fraction of sp³-hybridized carbons (Fsp3) is 0.462. The SMILES string of the molecule is CCCC(N)CC(=O)Nc1c(F)ccc(C)c1F. The van der Waals surface area contributed by atoms with Crippen molar-refractivity contribution in [2.45, 2.75) is 39.2 Å². The van der Waals surface area contributed by atoms with E-state index in [1.165, 1.54) is 13.0 Å². The maximum Gasteiger partial charge on any atom is 0.226 e. The van der Waals surface area contributed by atoms with Crippen molar-refractivity contribution in [3.8, 4) is 0 Å². The van der Waals surface area contributed by atoms with Crippen LogP contribution < -0.4 is 11.1 Å². The van der Waals surface area contributed by atoms with Gasteiger partial charge < -0.3 is 11.1 Å². The molecule has 5 heteroatoms. The summed E-state index contributed by atoms with van der Waals surface area (Å²) in [5.74, 6) is -2.00. The molecule has 0 radical (unpaired) electrons. The molecule has 18 heavy (non-hydrogen) atoms. The number of nitrogens with one attached hydrogen (secondary N) is 1. The molecule has 0 aliphatic rings. The zero-order valence-corrected chi connectivity index (χ0v) is 10.6. The Morgan fingerprint density at radius 3 is 2.72 bits per heavy atom. The summed E-state index contributed by atoms with van der Waals surface area (Å²) in [6, 6.07) is 2.16. The van der Waals surface area contributed by atoms with Crippen LogP contribution in [0.3, 0.4) is 0 Å². The monoisotopic (exact) mass is 256 g/mol. The van der Waals surface area contributed by atoms with Crippen LogP contribution in [0.4, 0.5) is 14.5 Å². The summed E-state index contributed by atoms with van der Waals surface area (Å²) in [7, 11) is 0. The predicted octanol–water partition coefficient (Wildman–Crippen LogP) is 2.73. The largest absolute Gasteiger partial charge is 0.327 e. The molecular weight excluding hydrogens is 238 g/mol. The minimum atomic E-state index is -0.782. The van der Waals surface area contributed by atoms with Crippen molar-refractivity contribution < 1.29 is 13.6 Å². The lowest BCUT2D eigenvalue weighted by molar-refractivity contribution is -0.116. The van der Waals surface area contributed by atoms with E-state index in [0.717, 1.165) is 12.5 Å². The highest BCUT2D eigenvalue weighted by atomic mass is 19.1. The van der Waals surface area contributed by atoms with Gasteiger partial charge in [-0.3, -0.25) is 4.79 Å². The summed E-state index contributed by atoms with van der Waals surface area (Å²) >= 11 is 0. The number of nitrogens with two attached hydrogens (primary N) is 1. The molecule has 1 aromatic carbocycles. The third-order valence-electron chi connectivity index (χ3n) is 2.66. The first-order valence-electron chi connectivity index (χ1n) is 5.95. The van der Waals surface area contributed by atoms with Crippen LogP contribution >= 0.6 is 0 Å². The molecule has 0 bridgehead atoms. The molecule has 1 unspecified atom stereocenters. The second-order valence-electron chi connectivity index (χ2n) is 4.35. The van der Waals surface area contributed by atoms with Crippen LogP contribution in [0.25, 0.3) is 0 Å². The Labute approximate surface area is 105 Å². The third kappa shape index (κ3) is 3.77. The third-order valence-corrected chi connectivity index (χ3v) is 2.66. The van der Waals surface area contributed by atoms with E-state index >= 15 is 0 Å². The fourth-order valence-corrected chi connectivity index (χ4v) is 1.67. The highest BCUT2D eigenvalue weighted by molar-refractivity contribution is 5.91. The van der Waals surface area contributed by atoms with Crippen LogP contribution in [0.1, 0.15) is 31.7 Å². The van der Waals surface area contributed by atoms with Crippen LogP contribution in [0.5, 0.6) is 0 Å². The second-order valence-corrected chi connectivity index (χ2v) is 4.35. The molecule has 0 saturated heterocycles. The van der Waals surface area contributed by atoms with Crippen molar-refractivity contribution in [1.29, 1.82) is 0 Å². The van der Waals surface area contributed by atoms with Gasteiger partial charge in [0.2, 0.25) is 5.91 Å².